The van der Waals surface area contributed by atoms with Gasteiger partial charge in [0.05, 0.1) is 43.7 Å². The zero-order chi connectivity index (χ0) is 21.8. The second kappa shape index (κ2) is 9.64. The van der Waals surface area contributed by atoms with Crippen LogP contribution in [0.5, 0.6) is 5.75 Å². The molecule has 0 unspecified atom stereocenters. The summed E-state index contributed by atoms with van der Waals surface area (Å²) in [5.74, 6) is 3.09. The second-order valence-corrected chi connectivity index (χ2v) is 8.32. The zero-order valence-corrected chi connectivity index (χ0v) is 18.5. The van der Waals surface area contributed by atoms with Gasteiger partial charge < -0.3 is 14.0 Å². The third-order valence-electron chi connectivity index (χ3n) is 5.23. The fourth-order valence-electron chi connectivity index (χ4n) is 3.62. The van der Waals surface area contributed by atoms with Gasteiger partial charge >= 0.3 is 0 Å². The number of aromatic nitrogens is 4. The monoisotopic (exact) mass is 449 g/mol. The Hall–Kier alpha value is -3.01. The van der Waals surface area contributed by atoms with Crippen LogP contribution in [-0.4, -0.2) is 58.4 Å². The smallest absolute Gasteiger partial charge is 0.237 e. The Kier molecular flexibility index (Phi) is 6.29. The Labute approximate surface area is 190 Å². The van der Waals surface area contributed by atoms with Crippen LogP contribution in [-0.2, 0) is 17.0 Å². The molecule has 164 valence electrons. The summed E-state index contributed by atoms with van der Waals surface area (Å²) in [6.45, 7) is 4.00. The number of rotatable bonds is 7. The maximum Gasteiger partial charge on any atom is 0.237 e. The van der Waals surface area contributed by atoms with Crippen LogP contribution in [0.1, 0.15) is 11.7 Å². The Balaban J connectivity index is 1.36. The van der Waals surface area contributed by atoms with E-state index in [1.807, 2.05) is 48.5 Å². The van der Waals surface area contributed by atoms with Crippen molar-refractivity contribution < 1.29 is 14.0 Å². The second-order valence-electron chi connectivity index (χ2n) is 7.35. The minimum absolute atomic E-state index is 0.513. The maximum atomic E-state index is 5.50. The van der Waals surface area contributed by atoms with Crippen molar-refractivity contribution in [1.29, 1.82) is 0 Å². The van der Waals surface area contributed by atoms with Gasteiger partial charge in [0.25, 0.3) is 0 Å². The third-order valence-corrected chi connectivity index (χ3v) is 6.21. The van der Waals surface area contributed by atoms with Crippen LogP contribution in [0.4, 0.5) is 0 Å². The van der Waals surface area contributed by atoms with Gasteiger partial charge in [-0.3, -0.25) is 4.90 Å². The first-order valence-electron chi connectivity index (χ1n) is 10.4. The van der Waals surface area contributed by atoms with Crippen molar-refractivity contribution >= 4 is 22.7 Å². The summed E-state index contributed by atoms with van der Waals surface area (Å²) in [5.41, 5.74) is 1.74. The van der Waals surface area contributed by atoms with E-state index in [4.69, 9.17) is 24.0 Å². The van der Waals surface area contributed by atoms with E-state index in [1.165, 1.54) is 0 Å². The molecule has 0 N–H and O–H groups in total. The molecule has 8 nitrogen and oxygen atoms in total. The van der Waals surface area contributed by atoms with Gasteiger partial charge in [0, 0.05) is 18.5 Å². The highest BCUT2D eigenvalue weighted by Gasteiger charge is 2.17. The summed E-state index contributed by atoms with van der Waals surface area (Å²) in [6.07, 6.45) is 0. The van der Waals surface area contributed by atoms with E-state index >= 15 is 0 Å². The van der Waals surface area contributed by atoms with Gasteiger partial charge in [-0.25, -0.2) is 9.97 Å². The van der Waals surface area contributed by atoms with Gasteiger partial charge in [0.15, 0.2) is 0 Å². The van der Waals surface area contributed by atoms with Crippen LogP contribution in [0, 0.1) is 0 Å². The highest BCUT2D eigenvalue weighted by atomic mass is 32.2. The molecule has 0 amide bonds. The molecular weight excluding hydrogens is 426 g/mol. The van der Waals surface area contributed by atoms with Crippen LogP contribution in [0.25, 0.3) is 22.3 Å². The number of benzene rings is 2. The topological polar surface area (TPSA) is 86.4 Å². The van der Waals surface area contributed by atoms with E-state index in [0.29, 0.717) is 29.8 Å². The lowest BCUT2D eigenvalue weighted by molar-refractivity contribution is 0.0330. The molecule has 3 heterocycles. The Morgan fingerprint density at radius 2 is 1.81 bits per heavy atom. The molecule has 1 fully saturated rings. The molecule has 0 saturated carbocycles. The molecule has 1 saturated heterocycles. The number of thioether (sulfide) groups is 1. The van der Waals surface area contributed by atoms with E-state index < -0.39 is 0 Å². The molecule has 0 aliphatic carbocycles. The van der Waals surface area contributed by atoms with Crippen LogP contribution in [0.3, 0.4) is 0 Å². The van der Waals surface area contributed by atoms with Crippen LogP contribution < -0.4 is 4.74 Å². The molecule has 1 aliphatic rings. The largest absolute Gasteiger partial charge is 0.496 e. The number of morpholine rings is 1. The van der Waals surface area contributed by atoms with Crippen molar-refractivity contribution in [2.45, 2.75) is 17.3 Å². The summed E-state index contributed by atoms with van der Waals surface area (Å²) in [6, 6.07) is 15.7. The Morgan fingerprint density at radius 3 is 2.69 bits per heavy atom. The predicted octanol–water partition coefficient (Wildman–Crippen LogP) is 3.81. The molecule has 0 bridgehead atoms. The number of hydrogen-bond acceptors (Lipinski definition) is 9. The van der Waals surface area contributed by atoms with Crippen molar-refractivity contribution in [3.05, 3.63) is 60.2 Å². The summed E-state index contributed by atoms with van der Waals surface area (Å²) in [4.78, 5) is 16.5. The van der Waals surface area contributed by atoms with Crippen molar-refractivity contribution in [3.63, 3.8) is 0 Å². The molecule has 0 radical (unpaired) electrons. The van der Waals surface area contributed by atoms with E-state index in [-0.39, 0.29) is 0 Å². The first-order chi connectivity index (χ1) is 15.8. The first-order valence-corrected chi connectivity index (χ1v) is 11.4. The van der Waals surface area contributed by atoms with Gasteiger partial charge in [-0.1, -0.05) is 47.3 Å². The van der Waals surface area contributed by atoms with Gasteiger partial charge in [0.1, 0.15) is 16.6 Å². The molecule has 0 atom stereocenters. The van der Waals surface area contributed by atoms with Crippen LogP contribution in [0.15, 0.2) is 58.1 Å². The van der Waals surface area contributed by atoms with E-state index in [0.717, 1.165) is 53.6 Å². The molecule has 1 aliphatic heterocycles. The molecule has 9 heteroatoms. The number of para-hydroxylation sites is 2. The maximum absolute atomic E-state index is 5.50. The first kappa shape index (κ1) is 20.9. The molecule has 2 aromatic carbocycles. The molecular formula is C23H23N5O3S. The predicted molar refractivity (Wildman–Crippen MR) is 121 cm³/mol. The fourth-order valence-corrected chi connectivity index (χ4v) is 4.49. The van der Waals surface area contributed by atoms with Crippen LogP contribution in [0.2, 0.25) is 0 Å². The number of ether oxygens (including phenoxy) is 2. The quantitative estimate of drug-likeness (QED) is 0.309. The van der Waals surface area contributed by atoms with Gasteiger partial charge in [0.2, 0.25) is 11.7 Å². The highest BCUT2D eigenvalue weighted by molar-refractivity contribution is 7.98. The van der Waals surface area contributed by atoms with Gasteiger partial charge in [-0.05, 0) is 18.2 Å². The SMILES string of the molecule is COc1ccccc1-c1noc(CSc2nc(CN3CCOCC3)nc3ccccc23)n1. The molecule has 32 heavy (non-hydrogen) atoms. The number of fused-ring (bicyclic) bond motifs is 1. The number of hydrogen-bond donors (Lipinski definition) is 0. The number of nitrogens with zero attached hydrogens (tertiary/aromatic N) is 5. The molecule has 0 spiro atoms. The summed E-state index contributed by atoms with van der Waals surface area (Å²) < 4.78 is 16.4. The fraction of sp³-hybridized carbons (Fsp3) is 0.304. The van der Waals surface area contributed by atoms with Crippen molar-refractivity contribution in [3.8, 4) is 17.1 Å². The zero-order valence-electron chi connectivity index (χ0n) is 17.7. The van der Waals surface area contributed by atoms with Crippen molar-refractivity contribution in [2.75, 3.05) is 33.4 Å². The normalized spacial score (nSPS) is 14.7. The summed E-state index contributed by atoms with van der Waals surface area (Å²) in [5, 5.41) is 6.07. The third kappa shape index (κ3) is 4.59. The average Bonchev–Trinajstić information content (AvgIpc) is 3.32. The lowest BCUT2D eigenvalue weighted by Gasteiger charge is -2.25. The Bertz CT molecular complexity index is 1210. The van der Waals surface area contributed by atoms with Crippen LogP contribution >= 0.6 is 11.8 Å². The minimum Gasteiger partial charge on any atom is -0.496 e. The standard InChI is InChI=1S/C23H23N5O3S/c1-29-19-9-5-3-7-17(19)22-26-21(31-27-22)15-32-23-16-6-2-4-8-18(16)24-20(25-23)14-28-10-12-30-13-11-28/h2-9H,10-15H2,1H3. The van der Waals surface area contributed by atoms with E-state index in [9.17, 15) is 0 Å². The lowest BCUT2D eigenvalue weighted by atomic mass is 10.2. The van der Waals surface area contributed by atoms with E-state index in [1.54, 1.807) is 18.9 Å². The average molecular weight is 450 g/mol. The lowest BCUT2D eigenvalue weighted by Crippen LogP contribution is -2.36. The van der Waals surface area contributed by atoms with Gasteiger partial charge in [-0.15, -0.1) is 0 Å². The van der Waals surface area contributed by atoms with Crippen molar-refractivity contribution in [2.24, 2.45) is 0 Å². The molecule has 2 aromatic heterocycles. The Morgan fingerprint density at radius 1 is 1.00 bits per heavy atom. The van der Waals surface area contributed by atoms with Gasteiger partial charge in [-0.2, -0.15) is 4.98 Å². The van der Waals surface area contributed by atoms with E-state index in [2.05, 4.69) is 15.0 Å². The van der Waals surface area contributed by atoms with Crippen molar-refractivity contribution in [1.82, 2.24) is 25.0 Å². The highest BCUT2D eigenvalue weighted by Crippen LogP contribution is 2.30. The summed E-state index contributed by atoms with van der Waals surface area (Å²) >= 11 is 1.58. The molecule has 5 rings (SSSR count). The summed E-state index contributed by atoms with van der Waals surface area (Å²) in [7, 11) is 1.63. The number of methoxy groups -OCH3 is 1. The molecule has 4 aromatic rings. The minimum atomic E-state index is 0.513.